The molecule has 0 fully saturated rings. The van der Waals surface area contributed by atoms with E-state index in [9.17, 15) is 5.11 Å². The molecule has 2 heterocycles. The highest BCUT2D eigenvalue weighted by Crippen LogP contribution is 2.34. The summed E-state index contributed by atoms with van der Waals surface area (Å²) in [6, 6.07) is 12.0. The third kappa shape index (κ3) is 2.47. The molecule has 3 rings (SSSR count). The number of phenols is 1. The number of hydrogen-bond acceptors (Lipinski definition) is 3. The van der Waals surface area contributed by atoms with Gasteiger partial charge in [0.1, 0.15) is 5.75 Å². The van der Waals surface area contributed by atoms with Gasteiger partial charge in [-0.25, -0.2) is 4.98 Å². The highest BCUT2D eigenvalue weighted by molar-refractivity contribution is 7.15. The van der Waals surface area contributed by atoms with E-state index in [2.05, 4.69) is 28.6 Å². The molecule has 0 saturated carbocycles. The van der Waals surface area contributed by atoms with Gasteiger partial charge in [0.05, 0.1) is 12.4 Å². The van der Waals surface area contributed by atoms with E-state index >= 15 is 0 Å². The molecule has 0 spiro atoms. The van der Waals surface area contributed by atoms with Crippen molar-refractivity contribution < 1.29 is 5.11 Å². The van der Waals surface area contributed by atoms with Crippen LogP contribution in [0.25, 0.3) is 10.4 Å². The molecular weight excluding hydrogens is 268 g/mol. The minimum absolute atomic E-state index is 0.301. The van der Waals surface area contributed by atoms with Crippen LogP contribution in [0.1, 0.15) is 24.3 Å². The second-order valence-corrected chi connectivity index (χ2v) is 5.80. The second kappa shape index (κ2) is 5.51. The zero-order chi connectivity index (χ0) is 13.9. The van der Waals surface area contributed by atoms with Crippen molar-refractivity contribution >= 4 is 11.3 Å². The van der Waals surface area contributed by atoms with Crippen LogP contribution in [0.15, 0.2) is 55.1 Å². The van der Waals surface area contributed by atoms with Crippen LogP contribution in [0, 0.1) is 0 Å². The number of rotatable bonds is 4. The number of aromatic nitrogens is 2. The maximum Gasteiger partial charge on any atom is 0.115 e. The molecule has 20 heavy (non-hydrogen) atoms. The SMILES string of the molecule is CCC(c1ccc(-c2ccc(O)cc2)s1)n1ccnc1. The van der Waals surface area contributed by atoms with E-state index in [4.69, 9.17) is 0 Å². The summed E-state index contributed by atoms with van der Waals surface area (Å²) in [5, 5.41) is 9.35. The minimum atomic E-state index is 0.301. The van der Waals surface area contributed by atoms with Crippen molar-refractivity contribution in [3.8, 4) is 16.2 Å². The van der Waals surface area contributed by atoms with Crippen LogP contribution in [0.5, 0.6) is 5.75 Å². The summed E-state index contributed by atoms with van der Waals surface area (Å²) in [6.07, 6.45) is 6.73. The first-order valence-electron chi connectivity index (χ1n) is 6.64. The van der Waals surface area contributed by atoms with Crippen LogP contribution in [-0.2, 0) is 0 Å². The zero-order valence-electron chi connectivity index (χ0n) is 11.2. The summed E-state index contributed by atoms with van der Waals surface area (Å²) >= 11 is 1.79. The maximum atomic E-state index is 9.35. The molecule has 0 saturated heterocycles. The van der Waals surface area contributed by atoms with Gasteiger partial charge in [0.15, 0.2) is 0 Å². The smallest absolute Gasteiger partial charge is 0.115 e. The molecule has 3 nitrogen and oxygen atoms in total. The average Bonchev–Trinajstić information content (AvgIpc) is 3.12. The molecule has 0 bridgehead atoms. The topological polar surface area (TPSA) is 38.0 Å². The highest BCUT2D eigenvalue weighted by atomic mass is 32.1. The number of phenolic OH excluding ortho intramolecular Hbond substituents is 1. The standard InChI is InChI=1S/C16H16N2OS/c1-2-14(18-10-9-17-11-18)16-8-7-15(20-16)12-3-5-13(19)6-4-12/h3-11,14,19H,2H2,1H3. The number of hydrogen-bond donors (Lipinski definition) is 1. The van der Waals surface area contributed by atoms with Gasteiger partial charge >= 0.3 is 0 Å². The van der Waals surface area contributed by atoms with Gasteiger partial charge in [0.2, 0.25) is 0 Å². The quantitative estimate of drug-likeness (QED) is 0.775. The van der Waals surface area contributed by atoms with Crippen LogP contribution in [0.2, 0.25) is 0 Å². The van der Waals surface area contributed by atoms with Crippen LogP contribution < -0.4 is 0 Å². The maximum absolute atomic E-state index is 9.35. The van der Waals surface area contributed by atoms with Gasteiger partial charge in [-0.15, -0.1) is 11.3 Å². The van der Waals surface area contributed by atoms with Crippen molar-refractivity contribution in [1.82, 2.24) is 9.55 Å². The first-order valence-corrected chi connectivity index (χ1v) is 7.46. The van der Waals surface area contributed by atoms with Gasteiger partial charge in [-0.1, -0.05) is 6.92 Å². The molecule has 0 aliphatic heterocycles. The van der Waals surface area contributed by atoms with E-state index in [1.54, 1.807) is 23.5 Å². The van der Waals surface area contributed by atoms with E-state index in [1.807, 2.05) is 30.9 Å². The summed E-state index contributed by atoms with van der Waals surface area (Å²) in [6.45, 7) is 2.19. The van der Waals surface area contributed by atoms with Crippen molar-refractivity contribution in [1.29, 1.82) is 0 Å². The van der Waals surface area contributed by atoms with E-state index < -0.39 is 0 Å². The molecule has 0 radical (unpaired) electrons. The summed E-state index contributed by atoms with van der Waals surface area (Å²) < 4.78 is 2.15. The Morgan fingerprint density at radius 2 is 2.00 bits per heavy atom. The molecule has 2 aromatic heterocycles. The van der Waals surface area contributed by atoms with Crippen molar-refractivity contribution in [3.05, 3.63) is 60.0 Å². The number of benzene rings is 1. The third-order valence-corrected chi connectivity index (χ3v) is 4.61. The summed E-state index contributed by atoms with van der Waals surface area (Å²) in [5.74, 6) is 0.301. The number of thiophene rings is 1. The largest absolute Gasteiger partial charge is 0.508 e. The van der Waals surface area contributed by atoms with Crippen LogP contribution >= 0.6 is 11.3 Å². The average molecular weight is 284 g/mol. The lowest BCUT2D eigenvalue weighted by Crippen LogP contribution is -2.05. The molecule has 1 unspecified atom stereocenters. The molecule has 4 heteroatoms. The molecule has 1 aromatic carbocycles. The molecule has 1 atom stereocenters. The lowest BCUT2D eigenvalue weighted by atomic mass is 10.1. The number of imidazole rings is 1. The Kier molecular flexibility index (Phi) is 3.56. The van der Waals surface area contributed by atoms with Gasteiger partial charge in [-0.2, -0.15) is 0 Å². The van der Waals surface area contributed by atoms with Gasteiger partial charge in [-0.05, 0) is 48.4 Å². The van der Waals surface area contributed by atoms with Gasteiger partial charge < -0.3 is 9.67 Å². The van der Waals surface area contributed by atoms with E-state index in [0.717, 1.165) is 12.0 Å². The van der Waals surface area contributed by atoms with E-state index in [-0.39, 0.29) is 0 Å². The van der Waals surface area contributed by atoms with E-state index in [0.29, 0.717) is 11.8 Å². The summed E-state index contributed by atoms with van der Waals surface area (Å²) in [5.41, 5.74) is 1.14. The molecular formula is C16H16N2OS. The predicted molar refractivity (Wildman–Crippen MR) is 82.1 cm³/mol. The Morgan fingerprint density at radius 1 is 1.20 bits per heavy atom. The molecule has 102 valence electrons. The van der Waals surface area contributed by atoms with Crippen molar-refractivity contribution in [3.63, 3.8) is 0 Å². The van der Waals surface area contributed by atoms with Crippen molar-refractivity contribution in [2.45, 2.75) is 19.4 Å². The third-order valence-electron chi connectivity index (χ3n) is 3.38. The Morgan fingerprint density at radius 3 is 2.65 bits per heavy atom. The predicted octanol–water partition coefficient (Wildman–Crippen LogP) is 4.32. The fourth-order valence-electron chi connectivity index (χ4n) is 2.33. The van der Waals surface area contributed by atoms with Gasteiger partial charge in [-0.3, -0.25) is 0 Å². The van der Waals surface area contributed by atoms with Crippen molar-refractivity contribution in [2.75, 3.05) is 0 Å². The molecule has 0 aliphatic carbocycles. The number of nitrogens with zero attached hydrogens (tertiary/aromatic N) is 2. The van der Waals surface area contributed by atoms with Crippen LogP contribution in [0.3, 0.4) is 0 Å². The first kappa shape index (κ1) is 12.9. The minimum Gasteiger partial charge on any atom is -0.508 e. The fraction of sp³-hybridized carbons (Fsp3) is 0.188. The lowest BCUT2D eigenvalue weighted by Gasteiger charge is -2.14. The zero-order valence-corrected chi connectivity index (χ0v) is 12.0. The second-order valence-electron chi connectivity index (χ2n) is 4.68. The Labute approximate surface area is 122 Å². The van der Waals surface area contributed by atoms with Crippen LogP contribution in [0.4, 0.5) is 0 Å². The molecule has 1 N–H and O–H groups in total. The normalized spacial score (nSPS) is 12.4. The fourth-order valence-corrected chi connectivity index (χ4v) is 3.53. The van der Waals surface area contributed by atoms with Gasteiger partial charge in [0.25, 0.3) is 0 Å². The Balaban J connectivity index is 1.91. The van der Waals surface area contributed by atoms with Crippen LogP contribution in [-0.4, -0.2) is 14.7 Å². The van der Waals surface area contributed by atoms with Crippen molar-refractivity contribution in [2.24, 2.45) is 0 Å². The Hall–Kier alpha value is -2.07. The summed E-state index contributed by atoms with van der Waals surface area (Å²) in [4.78, 5) is 6.68. The molecule has 0 amide bonds. The molecule has 0 aliphatic rings. The molecule has 3 aromatic rings. The van der Waals surface area contributed by atoms with E-state index in [1.165, 1.54) is 9.75 Å². The number of aromatic hydroxyl groups is 1. The Bertz CT molecular complexity index is 671. The monoisotopic (exact) mass is 284 g/mol. The first-order chi connectivity index (χ1) is 9.78. The summed E-state index contributed by atoms with van der Waals surface area (Å²) in [7, 11) is 0. The highest BCUT2D eigenvalue weighted by Gasteiger charge is 2.14. The lowest BCUT2D eigenvalue weighted by molar-refractivity contribution is 0.475. The van der Waals surface area contributed by atoms with Gasteiger partial charge in [0, 0.05) is 22.1 Å².